The summed E-state index contributed by atoms with van der Waals surface area (Å²) in [5.74, 6) is -0.781. The number of hydrogen-bond acceptors (Lipinski definition) is 3. The molecule has 3 aromatic rings. The van der Waals surface area contributed by atoms with Crippen molar-refractivity contribution in [2.45, 2.75) is 24.4 Å². The summed E-state index contributed by atoms with van der Waals surface area (Å²) in [4.78, 5) is 12.5. The van der Waals surface area contributed by atoms with Crippen molar-refractivity contribution in [3.63, 3.8) is 0 Å². The Hall–Kier alpha value is -3.03. The molecule has 0 aliphatic carbocycles. The van der Waals surface area contributed by atoms with Crippen molar-refractivity contribution in [2.24, 2.45) is 0 Å². The minimum absolute atomic E-state index is 0.0543. The minimum atomic E-state index is -3.66. The van der Waals surface area contributed by atoms with Crippen molar-refractivity contribution < 1.29 is 17.6 Å². The number of benzene rings is 3. The van der Waals surface area contributed by atoms with Crippen LogP contribution in [0.2, 0.25) is 0 Å². The van der Waals surface area contributed by atoms with E-state index in [0.717, 1.165) is 5.56 Å². The van der Waals surface area contributed by atoms with Crippen LogP contribution in [0.1, 0.15) is 27.0 Å². The molecule has 0 atom stereocenters. The first-order valence-electron chi connectivity index (χ1n) is 9.64. The van der Waals surface area contributed by atoms with Gasteiger partial charge in [-0.1, -0.05) is 42.5 Å². The predicted octanol–water partition coefficient (Wildman–Crippen LogP) is 3.50. The fourth-order valence-corrected chi connectivity index (χ4v) is 4.94. The molecule has 5 nitrogen and oxygen atoms in total. The summed E-state index contributed by atoms with van der Waals surface area (Å²) in [6.45, 7) is 0.812. The fourth-order valence-electron chi connectivity index (χ4n) is 3.52. The third-order valence-electron chi connectivity index (χ3n) is 5.25. The Balaban J connectivity index is 1.45. The molecule has 1 N–H and O–H groups in total. The lowest BCUT2D eigenvalue weighted by Crippen LogP contribution is -2.36. The lowest BCUT2D eigenvalue weighted by Gasteiger charge is -2.28. The summed E-state index contributed by atoms with van der Waals surface area (Å²) >= 11 is 0. The van der Waals surface area contributed by atoms with Crippen molar-refractivity contribution in [2.75, 3.05) is 6.54 Å². The molecule has 1 aliphatic heterocycles. The van der Waals surface area contributed by atoms with E-state index in [1.807, 2.05) is 24.3 Å². The molecular weight excluding hydrogens is 403 g/mol. The monoisotopic (exact) mass is 424 g/mol. The molecule has 30 heavy (non-hydrogen) atoms. The van der Waals surface area contributed by atoms with Gasteiger partial charge in [-0.15, -0.1) is 0 Å². The summed E-state index contributed by atoms with van der Waals surface area (Å²) < 4.78 is 41.2. The summed E-state index contributed by atoms with van der Waals surface area (Å²) in [5.41, 5.74) is 2.88. The highest BCUT2D eigenvalue weighted by molar-refractivity contribution is 7.89. The van der Waals surface area contributed by atoms with E-state index in [0.29, 0.717) is 30.6 Å². The summed E-state index contributed by atoms with van der Waals surface area (Å²) in [6.07, 6.45) is 0.673. The zero-order valence-corrected chi connectivity index (χ0v) is 17.0. The van der Waals surface area contributed by atoms with Crippen LogP contribution >= 0.6 is 0 Å². The average molecular weight is 424 g/mol. The van der Waals surface area contributed by atoms with E-state index in [-0.39, 0.29) is 17.3 Å². The molecular formula is C23H21FN2O3S. The average Bonchev–Trinajstić information content (AvgIpc) is 2.78. The van der Waals surface area contributed by atoms with Gasteiger partial charge in [0.25, 0.3) is 5.91 Å². The maximum absolute atomic E-state index is 13.7. The highest BCUT2D eigenvalue weighted by atomic mass is 32.2. The van der Waals surface area contributed by atoms with Crippen LogP contribution in [0.25, 0.3) is 0 Å². The Bertz CT molecular complexity index is 1180. The number of sulfonamides is 1. The van der Waals surface area contributed by atoms with Crippen LogP contribution in [0.4, 0.5) is 4.39 Å². The van der Waals surface area contributed by atoms with Gasteiger partial charge >= 0.3 is 0 Å². The third-order valence-corrected chi connectivity index (χ3v) is 7.11. The van der Waals surface area contributed by atoms with Crippen LogP contribution in [0.5, 0.6) is 0 Å². The second kappa shape index (κ2) is 8.38. The number of hydrogen-bond donors (Lipinski definition) is 1. The molecule has 0 radical (unpaired) electrons. The molecule has 0 saturated carbocycles. The molecule has 0 aromatic heterocycles. The van der Waals surface area contributed by atoms with Crippen LogP contribution in [0.15, 0.2) is 77.7 Å². The molecule has 1 amide bonds. The smallest absolute Gasteiger partial charge is 0.251 e. The molecule has 0 unspecified atom stereocenters. The second-order valence-corrected chi connectivity index (χ2v) is 9.09. The first kappa shape index (κ1) is 20.3. The summed E-state index contributed by atoms with van der Waals surface area (Å²) in [7, 11) is -3.66. The first-order valence-corrected chi connectivity index (χ1v) is 11.1. The van der Waals surface area contributed by atoms with Crippen molar-refractivity contribution >= 4 is 15.9 Å². The molecule has 1 aliphatic rings. The van der Waals surface area contributed by atoms with Crippen LogP contribution < -0.4 is 5.32 Å². The number of carbonyl (C=O) groups excluding carboxylic acids is 1. The van der Waals surface area contributed by atoms with Gasteiger partial charge in [-0.05, 0) is 47.9 Å². The normalized spacial score (nSPS) is 14.2. The van der Waals surface area contributed by atoms with Crippen LogP contribution in [-0.4, -0.2) is 25.2 Å². The van der Waals surface area contributed by atoms with Gasteiger partial charge in [0.15, 0.2) is 0 Å². The molecule has 1 heterocycles. The van der Waals surface area contributed by atoms with Gasteiger partial charge < -0.3 is 5.32 Å². The van der Waals surface area contributed by atoms with Crippen molar-refractivity contribution in [3.05, 3.63) is 101 Å². The molecule has 0 bridgehead atoms. The third kappa shape index (κ3) is 4.13. The molecule has 7 heteroatoms. The van der Waals surface area contributed by atoms with Gasteiger partial charge in [0.05, 0.1) is 4.90 Å². The highest BCUT2D eigenvalue weighted by Crippen LogP contribution is 2.25. The Kier molecular flexibility index (Phi) is 5.65. The van der Waals surface area contributed by atoms with E-state index < -0.39 is 15.9 Å². The SMILES string of the molecule is O=C(NCc1ccccc1F)c1ccc(S(=O)(=O)N2CCc3ccccc3C2)cc1. The van der Waals surface area contributed by atoms with Crippen molar-refractivity contribution in [1.29, 1.82) is 0 Å². The minimum Gasteiger partial charge on any atom is -0.348 e. The highest BCUT2D eigenvalue weighted by Gasteiger charge is 2.28. The number of nitrogens with one attached hydrogen (secondary N) is 1. The Morgan fingerprint density at radius 2 is 1.60 bits per heavy atom. The lowest BCUT2D eigenvalue weighted by atomic mass is 10.0. The van der Waals surface area contributed by atoms with Gasteiger partial charge in [-0.3, -0.25) is 4.79 Å². The number of nitrogens with zero attached hydrogens (tertiary/aromatic N) is 1. The van der Waals surface area contributed by atoms with Gasteiger partial charge in [0.1, 0.15) is 5.82 Å². The Labute approximate surface area is 175 Å². The van der Waals surface area contributed by atoms with E-state index >= 15 is 0 Å². The summed E-state index contributed by atoms with van der Waals surface area (Å²) in [6, 6.07) is 19.9. The molecule has 0 saturated heterocycles. The van der Waals surface area contributed by atoms with E-state index in [2.05, 4.69) is 5.32 Å². The Morgan fingerprint density at radius 1 is 0.933 bits per heavy atom. The lowest BCUT2D eigenvalue weighted by molar-refractivity contribution is 0.0950. The molecule has 3 aromatic carbocycles. The van der Waals surface area contributed by atoms with Gasteiger partial charge in [-0.2, -0.15) is 4.31 Å². The molecule has 0 spiro atoms. The van der Waals surface area contributed by atoms with Crippen LogP contribution in [0, 0.1) is 5.82 Å². The van der Waals surface area contributed by atoms with E-state index in [4.69, 9.17) is 0 Å². The van der Waals surface area contributed by atoms with Gasteiger partial charge in [0.2, 0.25) is 10.0 Å². The maximum Gasteiger partial charge on any atom is 0.251 e. The quantitative estimate of drug-likeness (QED) is 0.682. The number of carbonyl (C=O) groups is 1. The predicted molar refractivity (Wildman–Crippen MR) is 112 cm³/mol. The van der Waals surface area contributed by atoms with Crippen molar-refractivity contribution in [1.82, 2.24) is 9.62 Å². The zero-order valence-electron chi connectivity index (χ0n) is 16.2. The largest absolute Gasteiger partial charge is 0.348 e. The molecule has 0 fully saturated rings. The number of fused-ring (bicyclic) bond motifs is 1. The van der Waals surface area contributed by atoms with Crippen molar-refractivity contribution in [3.8, 4) is 0 Å². The molecule has 4 rings (SSSR count). The van der Waals surface area contributed by atoms with Gasteiger partial charge in [-0.25, -0.2) is 12.8 Å². The number of amides is 1. The van der Waals surface area contributed by atoms with E-state index in [9.17, 15) is 17.6 Å². The van der Waals surface area contributed by atoms with Gasteiger partial charge in [0, 0.05) is 30.8 Å². The number of rotatable bonds is 5. The molecule has 154 valence electrons. The number of halogens is 1. The topological polar surface area (TPSA) is 66.5 Å². The Morgan fingerprint density at radius 3 is 2.33 bits per heavy atom. The van der Waals surface area contributed by atoms with Crippen LogP contribution in [-0.2, 0) is 29.5 Å². The van der Waals surface area contributed by atoms with Crippen LogP contribution in [0.3, 0.4) is 0 Å². The summed E-state index contributed by atoms with van der Waals surface area (Å²) in [5, 5.41) is 2.65. The van der Waals surface area contributed by atoms with E-state index in [1.165, 1.54) is 40.2 Å². The fraction of sp³-hybridized carbons (Fsp3) is 0.174. The van der Waals surface area contributed by atoms with E-state index in [1.54, 1.807) is 18.2 Å². The standard InChI is InChI=1S/C23H21FN2O3S/c24-22-8-4-3-6-19(22)15-25-23(27)18-9-11-21(12-10-18)30(28,29)26-14-13-17-5-1-2-7-20(17)16-26/h1-12H,13-16H2,(H,25,27). The zero-order chi connectivity index (χ0) is 21.1. The first-order chi connectivity index (χ1) is 14.4. The maximum atomic E-state index is 13.7. The second-order valence-electron chi connectivity index (χ2n) is 7.16.